The van der Waals surface area contributed by atoms with Gasteiger partial charge in [0.05, 0.1) is 10.5 Å². The van der Waals surface area contributed by atoms with E-state index in [-0.39, 0.29) is 11.7 Å². The standard InChI is InChI=1S/C25H25ClFN3O2/c1-25(32,24(31)30-23-5-2-18(26)13-29-23)17-10-14-8-16(9-15(14)11-17)20-6-7-28-22-4-3-19(27)12-21(20)22/h2-7,12-17,32H,8-11H2,1H3,(H,29,30,31)/t14-,15?,16?,17?,25?/m0/s1. The number of nitrogens with one attached hydrogen (secondary N) is 1. The van der Waals surface area contributed by atoms with Crippen LogP contribution in [-0.2, 0) is 4.79 Å². The van der Waals surface area contributed by atoms with Crippen molar-refractivity contribution in [1.29, 1.82) is 0 Å². The van der Waals surface area contributed by atoms with Gasteiger partial charge in [0.15, 0.2) is 0 Å². The van der Waals surface area contributed by atoms with Crippen molar-refractivity contribution >= 4 is 34.2 Å². The Kier molecular flexibility index (Phi) is 5.38. The number of hydrogen-bond acceptors (Lipinski definition) is 4. The Labute approximate surface area is 191 Å². The van der Waals surface area contributed by atoms with E-state index in [9.17, 15) is 14.3 Å². The van der Waals surface area contributed by atoms with Gasteiger partial charge in [0, 0.05) is 17.8 Å². The van der Waals surface area contributed by atoms with Crippen molar-refractivity contribution in [2.45, 2.75) is 44.1 Å². The predicted octanol–water partition coefficient (Wildman–Crippen LogP) is 5.33. The third-order valence-corrected chi connectivity index (χ3v) is 7.64. The molecule has 2 heterocycles. The van der Waals surface area contributed by atoms with Crippen LogP contribution in [0.15, 0.2) is 48.8 Å². The Morgan fingerprint density at radius 3 is 2.56 bits per heavy atom. The molecule has 0 aliphatic heterocycles. The van der Waals surface area contributed by atoms with Crippen LogP contribution in [-0.4, -0.2) is 26.6 Å². The van der Waals surface area contributed by atoms with Gasteiger partial charge in [0.1, 0.15) is 17.2 Å². The lowest BCUT2D eigenvalue weighted by Gasteiger charge is -2.29. The average Bonchev–Trinajstić information content (AvgIpc) is 3.34. The van der Waals surface area contributed by atoms with E-state index in [4.69, 9.17) is 11.6 Å². The fraction of sp³-hybridized carbons (Fsp3) is 0.400. The first-order valence-electron chi connectivity index (χ1n) is 11.0. The monoisotopic (exact) mass is 453 g/mol. The highest BCUT2D eigenvalue weighted by molar-refractivity contribution is 6.30. The van der Waals surface area contributed by atoms with Gasteiger partial charge in [-0.3, -0.25) is 9.78 Å². The molecule has 5 nitrogen and oxygen atoms in total. The molecule has 1 amide bonds. The van der Waals surface area contributed by atoms with Crippen molar-refractivity contribution in [3.05, 3.63) is 65.2 Å². The number of anilines is 1. The minimum absolute atomic E-state index is 0.114. The number of rotatable bonds is 4. The van der Waals surface area contributed by atoms with Gasteiger partial charge < -0.3 is 10.4 Å². The van der Waals surface area contributed by atoms with Crippen LogP contribution in [0.3, 0.4) is 0 Å². The van der Waals surface area contributed by atoms with Crippen molar-refractivity contribution in [1.82, 2.24) is 9.97 Å². The second-order valence-corrected chi connectivity index (χ2v) is 9.82. The molecule has 0 spiro atoms. The number of benzene rings is 1. The molecule has 0 bridgehead atoms. The highest BCUT2D eigenvalue weighted by atomic mass is 35.5. The highest BCUT2D eigenvalue weighted by Crippen LogP contribution is 2.55. The molecule has 2 fully saturated rings. The molecular formula is C25H25ClFN3O2. The van der Waals surface area contributed by atoms with E-state index in [1.165, 1.54) is 12.3 Å². The molecule has 2 saturated carbocycles. The van der Waals surface area contributed by atoms with E-state index in [0.717, 1.165) is 42.1 Å². The van der Waals surface area contributed by atoms with Gasteiger partial charge in [-0.2, -0.15) is 0 Å². The van der Waals surface area contributed by atoms with Crippen molar-refractivity contribution in [3.63, 3.8) is 0 Å². The summed E-state index contributed by atoms with van der Waals surface area (Å²) in [5.74, 6) is 0.790. The molecule has 1 aromatic carbocycles. The Hall–Kier alpha value is -2.57. The minimum Gasteiger partial charge on any atom is -0.380 e. The largest absolute Gasteiger partial charge is 0.380 e. The zero-order valence-electron chi connectivity index (χ0n) is 17.8. The van der Waals surface area contributed by atoms with E-state index in [0.29, 0.717) is 28.6 Å². The summed E-state index contributed by atoms with van der Waals surface area (Å²) in [5, 5.41) is 15.2. The number of pyridine rings is 2. The summed E-state index contributed by atoms with van der Waals surface area (Å²) in [6.45, 7) is 1.60. The molecule has 2 aliphatic rings. The molecule has 4 unspecified atom stereocenters. The predicted molar refractivity (Wildman–Crippen MR) is 122 cm³/mol. The zero-order valence-corrected chi connectivity index (χ0v) is 18.5. The first-order valence-corrected chi connectivity index (χ1v) is 11.4. The molecule has 32 heavy (non-hydrogen) atoms. The molecule has 5 rings (SSSR count). The quantitative estimate of drug-likeness (QED) is 0.559. The lowest BCUT2D eigenvalue weighted by atomic mass is 9.83. The number of carbonyl (C=O) groups is 1. The third-order valence-electron chi connectivity index (χ3n) is 7.42. The smallest absolute Gasteiger partial charge is 0.257 e. The van der Waals surface area contributed by atoms with Crippen LogP contribution in [0.1, 0.15) is 44.1 Å². The third kappa shape index (κ3) is 3.86. The Morgan fingerprint density at radius 1 is 1.12 bits per heavy atom. The summed E-state index contributed by atoms with van der Waals surface area (Å²) in [6.07, 6.45) is 6.81. The maximum absolute atomic E-state index is 13.9. The molecule has 2 aliphatic carbocycles. The van der Waals surface area contributed by atoms with Crippen molar-refractivity contribution in [3.8, 4) is 0 Å². The Morgan fingerprint density at radius 2 is 1.88 bits per heavy atom. The van der Waals surface area contributed by atoms with E-state index >= 15 is 0 Å². The Bertz CT molecular complexity index is 1150. The molecule has 7 heteroatoms. The van der Waals surface area contributed by atoms with Crippen LogP contribution in [0, 0.1) is 23.6 Å². The first kappa shape index (κ1) is 21.3. The number of hydrogen-bond donors (Lipinski definition) is 2. The molecule has 3 aromatic rings. The molecule has 0 saturated heterocycles. The van der Waals surface area contributed by atoms with Gasteiger partial charge in [-0.05, 0) is 98.2 Å². The first-order chi connectivity index (χ1) is 15.3. The fourth-order valence-corrected chi connectivity index (χ4v) is 5.81. The van der Waals surface area contributed by atoms with E-state index in [1.54, 1.807) is 37.4 Å². The number of carbonyl (C=O) groups excluding carboxylic acids is 1. The summed E-state index contributed by atoms with van der Waals surface area (Å²) < 4.78 is 13.9. The van der Waals surface area contributed by atoms with Crippen LogP contribution in [0.4, 0.5) is 10.2 Å². The summed E-state index contributed by atoms with van der Waals surface area (Å²) in [5.41, 5.74) is 0.487. The maximum atomic E-state index is 13.9. The van der Waals surface area contributed by atoms with Crippen molar-refractivity contribution < 1.29 is 14.3 Å². The summed E-state index contributed by atoms with van der Waals surface area (Å²) in [6, 6.07) is 10.0. The zero-order chi connectivity index (χ0) is 22.5. The highest BCUT2D eigenvalue weighted by Gasteiger charge is 2.50. The fourth-order valence-electron chi connectivity index (χ4n) is 5.70. The number of aromatic nitrogens is 2. The number of halogens is 2. The van der Waals surface area contributed by atoms with Crippen LogP contribution in [0.5, 0.6) is 0 Å². The second-order valence-electron chi connectivity index (χ2n) is 9.38. The Balaban J connectivity index is 1.28. The van der Waals surface area contributed by atoms with Crippen LogP contribution in [0.25, 0.3) is 10.9 Å². The van der Waals surface area contributed by atoms with Crippen LogP contribution in [0.2, 0.25) is 5.02 Å². The van der Waals surface area contributed by atoms with Crippen LogP contribution < -0.4 is 5.32 Å². The summed E-state index contributed by atoms with van der Waals surface area (Å²) in [4.78, 5) is 21.3. The number of aliphatic hydroxyl groups is 1. The topological polar surface area (TPSA) is 75.1 Å². The number of nitrogens with zero attached hydrogens (tertiary/aromatic N) is 2. The van der Waals surface area contributed by atoms with Crippen molar-refractivity contribution in [2.75, 3.05) is 5.32 Å². The molecule has 2 N–H and O–H groups in total. The van der Waals surface area contributed by atoms with Crippen LogP contribution >= 0.6 is 11.6 Å². The van der Waals surface area contributed by atoms with E-state index in [1.807, 2.05) is 6.07 Å². The van der Waals surface area contributed by atoms with E-state index in [2.05, 4.69) is 15.3 Å². The van der Waals surface area contributed by atoms with Gasteiger partial charge in [-0.25, -0.2) is 9.37 Å². The summed E-state index contributed by atoms with van der Waals surface area (Å²) >= 11 is 5.85. The molecule has 0 radical (unpaired) electrons. The van der Waals surface area contributed by atoms with E-state index < -0.39 is 11.5 Å². The molecule has 5 atom stereocenters. The lowest BCUT2D eigenvalue weighted by Crippen LogP contribution is -2.46. The van der Waals surface area contributed by atoms with Gasteiger partial charge >= 0.3 is 0 Å². The second kappa shape index (κ2) is 8.09. The van der Waals surface area contributed by atoms with Gasteiger partial charge in [-0.1, -0.05) is 11.6 Å². The average molecular weight is 454 g/mol. The molecule has 166 valence electrons. The SMILES string of the molecule is CC(O)(C(=O)Nc1ccc(Cl)cn1)C1CC2CC(c3ccnc4ccc(F)cc34)C[C@H]2C1. The molecular weight excluding hydrogens is 429 g/mol. The number of amides is 1. The maximum Gasteiger partial charge on any atom is 0.257 e. The molecule has 2 aromatic heterocycles. The lowest BCUT2D eigenvalue weighted by molar-refractivity contribution is -0.137. The number of fused-ring (bicyclic) bond motifs is 2. The normalized spacial score (nSPS) is 26.6. The van der Waals surface area contributed by atoms with Gasteiger partial charge in [0.2, 0.25) is 0 Å². The van der Waals surface area contributed by atoms with Gasteiger partial charge in [0.25, 0.3) is 5.91 Å². The summed E-state index contributed by atoms with van der Waals surface area (Å²) in [7, 11) is 0. The van der Waals surface area contributed by atoms with Crippen molar-refractivity contribution in [2.24, 2.45) is 17.8 Å². The minimum atomic E-state index is -1.48. The van der Waals surface area contributed by atoms with Gasteiger partial charge in [-0.15, -0.1) is 0 Å².